The first-order valence-corrected chi connectivity index (χ1v) is 13.3. The molecule has 2 aliphatic rings. The molecule has 0 spiro atoms. The van der Waals surface area contributed by atoms with E-state index < -0.39 is 17.7 Å². The number of rotatable bonds is 6. The smallest absolute Gasteiger partial charge is 0.302 e. The van der Waals surface area contributed by atoms with E-state index in [4.69, 9.17) is 4.74 Å². The Kier molecular flexibility index (Phi) is 6.10. The van der Waals surface area contributed by atoms with Gasteiger partial charge in [0.15, 0.2) is 0 Å². The van der Waals surface area contributed by atoms with Crippen molar-refractivity contribution in [3.05, 3.63) is 89.0 Å². The van der Waals surface area contributed by atoms with Crippen molar-refractivity contribution in [2.75, 3.05) is 22.9 Å². The van der Waals surface area contributed by atoms with Gasteiger partial charge >= 0.3 is 5.91 Å². The Morgan fingerprint density at radius 2 is 1.82 bits per heavy atom. The van der Waals surface area contributed by atoms with Gasteiger partial charge in [0.25, 0.3) is 5.78 Å². The Bertz CT molecular complexity index is 1580. The minimum absolute atomic E-state index is 0.0305. The van der Waals surface area contributed by atoms with Crippen LogP contribution in [0.25, 0.3) is 16.8 Å². The number of Topliss-reactive ketones (excluding diaryl/α,β-unsaturated/α-hetero) is 1. The summed E-state index contributed by atoms with van der Waals surface area (Å²) in [6.45, 7) is 7.88. The van der Waals surface area contributed by atoms with Crippen LogP contribution in [0.4, 0.5) is 11.6 Å². The number of aliphatic hydroxyl groups is 1. The molecule has 3 aromatic carbocycles. The standard InChI is InChI=1S/C31H30N4O4/c1-4-34(5-2)22-13-10-19(11-14-22)27-26(28(36)20-12-15-25-21(17-20)16-18(3)39-25)29(37)30(38)35(27)31-32-23-8-6-7-9-24(23)33-31/h6-15,17-18,27,36H,4-5,16H2,1-3H3,(H,32,33)/b28-26+. The zero-order chi connectivity index (χ0) is 27.3. The van der Waals surface area contributed by atoms with Crippen molar-refractivity contribution >= 4 is 40.1 Å². The normalized spacial score (nSPS) is 19.9. The molecule has 1 saturated heterocycles. The van der Waals surface area contributed by atoms with Crippen molar-refractivity contribution in [1.29, 1.82) is 0 Å². The minimum atomic E-state index is -0.861. The van der Waals surface area contributed by atoms with Crippen LogP contribution in [-0.2, 0) is 16.0 Å². The SMILES string of the molecule is CCN(CC)c1ccc(C2/C(=C(\O)c3ccc4c(c3)CC(C)O4)C(=O)C(=O)N2c2nc3ccccc3[nH]2)cc1. The highest BCUT2D eigenvalue weighted by atomic mass is 16.5. The fourth-order valence-electron chi connectivity index (χ4n) is 5.60. The number of H-pyrrole nitrogens is 1. The number of ketones is 1. The highest BCUT2D eigenvalue weighted by Gasteiger charge is 2.48. The number of ether oxygens (including phenoxy) is 1. The summed E-state index contributed by atoms with van der Waals surface area (Å²) in [6, 6.07) is 19.7. The average Bonchev–Trinajstić information content (AvgIpc) is 3.61. The summed E-state index contributed by atoms with van der Waals surface area (Å²) in [5.74, 6) is -0.689. The molecule has 2 atom stereocenters. The minimum Gasteiger partial charge on any atom is -0.507 e. The van der Waals surface area contributed by atoms with Gasteiger partial charge in [-0.15, -0.1) is 0 Å². The summed E-state index contributed by atoms with van der Waals surface area (Å²) in [5.41, 5.74) is 4.62. The van der Waals surface area contributed by atoms with Gasteiger partial charge in [-0.3, -0.25) is 14.5 Å². The maximum Gasteiger partial charge on any atom is 0.302 e. The second kappa shape index (κ2) is 9.62. The molecule has 0 saturated carbocycles. The molecule has 2 unspecified atom stereocenters. The summed E-state index contributed by atoms with van der Waals surface area (Å²) in [7, 11) is 0. The number of nitrogens with zero attached hydrogens (tertiary/aromatic N) is 3. The maximum atomic E-state index is 13.6. The van der Waals surface area contributed by atoms with E-state index in [0.717, 1.165) is 35.6 Å². The van der Waals surface area contributed by atoms with Gasteiger partial charge in [-0.1, -0.05) is 24.3 Å². The number of aliphatic hydroxyl groups excluding tert-OH is 1. The van der Waals surface area contributed by atoms with Gasteiger partial charge in [0.2, 0.25) is 5.95 Å². The molecule has 2 N–H and O–H groups in total. The molecule has 6 rings (SSSR count). The number of aromatic amines is 1. The topological polar surface area (TPSA) is 98.8 Å². The fraction of sp³-hybridized carbons (Fsp3) is 0.258. The summed E-state index contributed by atoms with van der Waals surface area (Å²) in [5, 5.41) is 11.6. The first kappa shape index (κ1) is 24.7. The molecule has 1 aromatic heterocycles. The molecule has 0 aliphatic carbocycles. The van der Waals surface area contributed by atoms with Crippen LogP contribution in [0.15, 0.2) is 72.3 Å². The quantitative estimate of drug-likeness (QED) is 0.201. The summed E-state index contributed by atoms with van der Waals surface area (Å²) < 4.78 is 5.80. The van der Waals surface area contributed by atoms with E-state index >= 15 is 0 Å². The lowest BCUT2D eigenvalue weighted by Crippen LogP contribution is -2.30. The van der Waals surface area contributed by atoms with Crippen LogP contribution in [0.2, 0.25) is 0 Å². The molecular formula is C31H30N4O4. The number of amides is 1. The number of nitrogens with one attached hydrogen (secondary N) is 1. The Balaban J connectivity index is 1.51. The molecule has 3 heterocycles. The largest absolute Gasteiger partial charge is 0.507 e. The second-order valence-electron chi connectivity index (χ2n) is 9.97. The van der Waals surface area contributed by atoms with E-state index in [1.54, 1.807) is 12.1 Å². The molecular weight excluding hydrogens is 492 g/mol. The van der Waals surface area contributed by atoms with Crippen LogP contribution in [0.1, 0.15) is 43.5 Å². The number of anilines is 2. The number of imidazole rings is 1. The summed E-state index contributed by atoms with van der Waals surface area (Å²) >= 11 is 0. The van der Waals surface area contributed by atoms with Crippen LogP contribution >= 0.6 is 0 Å². The third kappa shape index (κ3) is 4.12. The van der Waals surface area contributed by atoms with Gasteiger partial charge in [0.05, 0.1) is 22.6 Å². The van der Waals surface area contributed by atoms with Crippen LogP contribution in [-0.4, -0.2) is 46.0 Å². The van der Waals surface area contributed by atoms with E-state index in [9.17, 15) is 14.7 Å². The fourth-order valence-corrected chi connectivity index (χ4v) is 5.60. The number of carbonyl (C=O) groups is 2. The average molecular weight is 523 g/mol. The van der Waals surface area contributed by atoms with Gasteiger partial charge in [0, 0.05) is 30.8 Å². The Morgan fingerprint density at radius 3 is 2.54 bits per heavy atom. The molecule has 39 heavy (non-hydrogen) atoms. The van der Waals surface area contributed by atoms with Crippen molar-refractivity contribution in [3.63, 3.8) is 0 Å². The van der Waals surface area contributed by atoms with Gasteiger partial charge < -0.3 is 19.7 Å². The third-order valence-electron chi connectivity index (χ3n) is 7.56. The molecule has 4 aromatic rings. The first-order chi connectivity index (χ1) is 18.9. The molecule has 198 valence electrons. The molecule has 0 radical (unpaired) electrons. The number of benzene rings is 3. The predicted molar refractivity (Wildman–Crippen MR) is 151 cm³/mol. The molecule has 8 nitrogen and oxygen atoms in total. The van der Waals surface area contributed by atoms with E-state index in [1.807, 2.05) is 61.5 Å². The maximum absolute atomic E-state index is 13.6. The van der Waals surface area contributed by atoms with E-state index in [2.05, 4.69) is 28.7 Å². The van der Waals surface area contributed by atoms with Crippen molar-refractivity contribution in [2.45, 2.75) is 39.3 Å². The van der Waals surface area contributed by atoms with E-state index in [0.29, 0.717) is 23.1 Å². The van der Waals surface area contributed by atoms with Gasteiger partial charge in [-0.05, 0) is 74.4 Å². The third-order valence-corrected chi connectivity index (χ3v) is 7.56. The molecule has 8 heteroatoms. The highest BCUT2D eigenvalue weighted by molar-refractivity contribution is 6.51. The Hall–Kier alpha value is -4.59. The number of carbonyl (C=O) groups excluding carboxylic acids is 2. The number of para-hydroxylation sites is 2. The predicted octanol–water partition coefficient (Wildman–Crippen LogP) is 5.36. The summed E-state index contributed by atoms with van der Waals surface area (Å²) in [4.78, 5) is 38.5. The molecule has 2 aliphatic heterocycles. The number of fused-ring (bicyclic) bond motifs is 2. The van der Waals surface area contributed by atoms with Crippen LogP contribution < -0.4 is 14.5 Å². The lowest BCUT2D eigenvalue weighted by Gasteiger charge is -2.25. The lowest BCUT2D eigenvalue weighted by atomic mass is 9.94. The van der Waals surface area contributed by atoms with Crippen LogP contribution in [0.3, 0.4) is 0 Å². The summed E-state index contributed by atoms with van der Waals surface area (Å²) in [6.07, 6.45) is 0.750. The van der Waals surface area contributed by atoms with E-state index in [1.165, 1.54) is 4.90 Å². The van der Waals surface area contributed by atoms with Crippen LogP contribution in [0, 0.1) is 0 Å². The van der Waals surface area contributed by atoms with E-state index in [-0.39, 0.29) is 23.4 Å². The highest BCUT2D eigenvalue weighted by Crippen LogP contribution is 2.43. The van der Waals surface area contributed by atoms with Gasteiger partial charge in [0.1, 0.15) is 17.6 Å². The molecule has 1 fully saturated rings. The number of hydrogen-bond acceptors (Lipinski definition) is 6. The zero-order valence-corrected chi connectivity index (χ0v) is 22.1. The molecule has 0 bridgehead atoms. The Morgan fingerprint density at radius 1 is 1.08 bits per heavy atom. The first-order valence-electron chi connectivity index (χ1n) is 13.3. The van der Waals surface area contributed by atoms with Crippen molar-refractivity contribution in [2.24, 2.45) is 0 Å². The monoisotopic (exact) mass is 522 g/mol. The van der Waals surface area contributed by atoms with Gasteiger partial charge in [-0.25, -0.2) is 4.98 Å². The van der Waals surface area contributed by atoms with Gasteiger partial charge in [-0.2, -0.15) is 0 Å². The number of aromatic nitrogens is 2. The Labute approximate surface area is 226 Å². The van der Waals surface area contributed by atoms with Crippen molar-refractivity contribution < 1.29 is 19.4 Å². The van der Waals surface area contributed by atoms with Crippen molar-refractivity contribution in [3.8, 4) is 5.75 Å². The number of hydrogen-bond donors (Lipinski definition) is 2. The molecule has 1 amide bonds. The second-order valence-corrected chi connectivity index (χ2v) is 9.97. The lowest BCUT2D eigenvalue weighted by molar-refractivity contribution is -0.132. The zero-order valence-electron chi connectivity index (χ0n) is 22.1. The van der Waals surface area contributed by atoms with Crippen LogP contribution in [0.5, 0.6) is 5.75 Å². The van der Waals surface area contributed by atoms with Crippen molar-refractivity contribution in [1.82, 2.24) is 9.97 Å².